The molecule has 13 heavy (non-hydrogen) atoms. The van der Waals surface area contributed by atoms with Crippen LogP contribution in [-0.2, 0) is 0 Å². The molecule has 0 aromatic carbocycles. The van der Waals surface area contributed by atoms with E-state index in [1.54, 1.807) is 6.20 Å². The first-order chi connectivity index (χ1) is 6.29. The van der Waals surface area contributed by atoms with Crippen molar-refractivity contribution >= 4 is 17.7 Å². The molecule has 0 saturated heterocycles. The van der Waals surface area contributed by atoms with Crippen LogP contribution < -0.4 is 11.1 Å². The summed E-state index contributed by atoms with van der Waals surface area (Å²) in [4.78, 5) is 10.9. The SMILES string of the molecule is NC(=O)c1nncc2c1C=CCN2. The van der Waals surface area contributed by atoms with Crippen molar-refractivity contribution < 1.29 is 4.79 Å². The van der Waals surface area contributed by atoms with Crippen molar-refractivity contribution in [1.29, 1.82) is 0 Å². The van der Waals surface area contributed by atoms with E-state index < -0.39 is 5.91 Å². The predicted octanol–water partition coefficient (Wildman–Crippen LogP) is 0.0142. The monoisotopic (exact) mass is 176 g/mol. The number of hydrogen-bond acceptors (Lipinski definition) is 4. The summed E-state index contributed by atoms with van der Waals surface area (Å²) in [7, 11) is 0. The van der Waals surface area contributed by atoms with Gasteiger partial charge in [0, 0.05) is 12.1 Å². The number of carbonyl (C=O) groups excluding carboxylic acids is 1. The Bertz CT molecular complexity index is 386. The van der Waals surface area contributed by atoms with Crippen LogP contribution in [0.5, 0.6) is 0 Å². The van der Waals surface area contributed by atoms with Gasteiger partial charge in [-0.15, -0.1) is 5.10 Å². The Morgan fingerprint density at radius 1 is 1.62 bits per heavy atom. The highest BCUT2D eigenvalue weighted by Crippen LogP contribution is 2.20. The molecule has 5 nitrogen and oxygen atoms in total. The van der Waals surface area contributed by atoms with Crippen molar-refractivity contribution in [2.45, 2.75) is 0 Å². The summed E-state index contributed by atoms with van der Waals surface area (Å²) >= 11 is 0. The van der Waals surface area contributed by atoms with Gasteiger partial charge in [0.15, 0.2) is 5.69 Å². The fraction of sp³-hybridized carbons (Fsp3) is 0.125. The van der Waals surface area contributed by atoms with Gasteiger partial charge in [0.2, 0.25) is 0 Å². The summed E-state index contributed by atoms with van der Waals surface area (Å²) in [5, 5.41) is 10.4. The standard InChI is InChI=1S/C8H8N4O/c9-8(13)7-5-2-1-3-10-6(5)4-11-12-7/h1-2,4,10H,3H2,(H2,9,13). The van der Waals surface area contributed by atoms with E-state index >= 15 is 0 Å². The molecule has 0 bridgehead atoms. The van der Waals surface area contributed by atoms with E-state index in [1.165, 1.54) is 0 Å². The Morgan fingerprint density at radius 3 is 3.23 bits per heavy atom. The third-order valence-corrected chi connectivity index (χ3v) is 1.82. The molecule has 0 fully saturated rings. The van der Waals surface area contributed by atoms with Crippen LogP contribution in [0.1, 0.15) is 16.1 Å². The molecule has 5 heteroatoms. The lowest BCUT2D eigenvalue weighted by Crippen LogP contribution is -2.18. The highest BCUT2D eigenvalue weighted by atomic mass is 16.1. The topological polar surface area (TPSA) is 80.9 Å². The van der Waals surface area contributed by atoms with Crippen LogP contribution in [0.25, 0.3) is 6.08 Å². The van der Waals surface area contributed by atoms with E-state index in [-0.39, 0.29) is 5.69 Å². The molecule has 0 saturated carbocycles. The van der Waals surface area contributed by atoms with Crippen molar-refractivity contribution in [3.8, 4) is 0 Å². The Kier molecular flexibility index (Phi) is 1.70. The molecule has 0 unspecified atom stereocenters. The number of anilines is 1. The molecule has 0 atom stereocenters. The van der Waals surface area contributed by atoms with Gasteiger partial charge in [-0.05, 0) is 0 Å². The van der Waals surface area contributed by atoms with Crippen LogP contribution in [0.3, 0.4) is 0 Å². The average Bonchev–Trinajstić information content (AvgIpc) is 2.17. The van der Waals surface area contributed by atoms with Gasteiger partial charge in [0.25, 0.3) is 5.91 Å². The third-order valence-electron chi connectivity index (χ3n) is 1.82. The lowest BCUT2D eigenvalue weighted by molar-refractivity contribution is 0.0994. The number of hydrogen-bond donors (Lipinski definition) is 2. The molecule has 2 rings (SSSR count). The highest BCUT2D eigenvalue weighted by molar-refractivity contribution is 5.96. The molecule has 1 aliphatic rings. The maximum atomic E-state index is 10.9. The zero-order chi connectivity index (χ0) is 9.26. The Balaban J connectivity index is 2.60. The molecule has 3 N–H and O–H groups in total. The van der Waals surface area contributed by atoms with E-state index in [2.05, 4.69) is 15.5 Å². The first-order valence-corrected chi connectivity index (χ1v) is 3.85. The quantitative estimate of drug-likeness (QED) is 0.631. The molecular weight excluding hydrogens is 168 g/mol. The largest absolute Gasteiger partial charge is 0.380 e. The number of carbonyl (C=O) groups is 1. The fourth-order valence-corrected chi connectivity index (χ4v) is 1.23. The summed E-state index contributed by atoms with van der Waals surface area (Å²) < 4.78 is 0. The van der Waals surface area contributed by atoms with Gasteiger partial charge in [-0.2, -0.15) is 5.10 Å². The summed E-state index contributed by atoms with van der Waals surface area (Å²) in [6, 6.07) is 0. The van der Waals surface area contributed by atoms with Gasteiger partial charge < -0.3 is 11.1 Å². The number of nitrogens with two attached hydrogens (primary N) is 1. The van der Waals surface area contributed by atoms with Gasteiger partial charge in [0.05, 0.1) is 11.9 Å². The molecule has 0 spiro atoms. The molecule has 1 aliphatic heterocycles. The number of primary amides is 1. The van der Waals surface area contributed by atoms with E-state index in [1.807, 2.05) is 12.2 Å². The second kappa shape index (κ2) is 2.85. The zero-order valence-electron chi connectivity index (χ0n) is 6.82. The molecule has 1 aromatic heterocycles. The summed E-state index contributed by atoms with van der Waals surface area (Å²) in [6.45, 7) is 0.733. The van der Waals surface area contributed by atoms with Crippen molar-refractivity contribution in [3.63, 3.8) is 0 Å². The number of fused-ring (bicyclic) bond motifs is 1. The van der Waals surface area contributed by atoms with Gasteiger partial charge >= 0.3 is 0 Å². The van der Waals surface area contributed by atoms with Gasteiger partial charge in [-0.25, -0.2) is 0 Å². The second-order valence-electron chi connectivity index (χ2n) is 2.67. The molecular formula is C8H8N4O. The van der Waals surface area contributed by atoms with Crippen LogP contribution in [-0.4, -0.2) is 22.6 Å². The smallest absolute Gasteiger partial charge is 0.269 e. The maximum Gasteiger partial charge on any atom is 0.269 e. The number of nitrogens with one attached hydrogen (secondary N) is 1. The Morgan fingerprint density at radius 2 is 2.46 bits per heavy atom. The second-order valence-corrected chi connectivity index (χ2v) is 2.67. The summed E-state index contributed by atoms with van der Waals surface area (Å²) in [6.07, 6.45) is 5.29. The van der Waals surface area contributed by atoms with E-state index in [0.29, 0.717) is 5.56 Å². The number of rotatable bonds is 1. The molecule has 66 valence electrons. The summed E-state index contributed by atoms with van der Waals surface area (Å²) in [5.74, 6) is -0.558. The minimum atomic E-state index is -0.558. The van der Waals surface area contributed by atoms with E-state index in [4.69, 9.17) is 5.73 Å². The van der Waals surface area contributed by atoms with Crippen molar-refractivity contribution in [3.05, 3.63) is 23.5 Å². The highest BCUT2D eigenvalue weighted by Gasteiger charge is 2.14. The van der Waals surface area contributed by atoms with Crippen LogP contribution in [0, 0.1) is 0 Å². The maximum absolute atomic E-state index is 10.9. The van der Waals surface area contributed by atoms with E-state index in [0.717, 1.165) is 12.2 Å². The van der Waals surface area contributed by atoms with Crippen LogP contribution in [0.4, 0.5) is 5.69 Å². The minimum Gasteiger partial charge on any atom is -0.380 e. The number of aromatic nitrogens is 2. The van der Waals surface area contributed by atoms with Crippen LogP contribution in [0.15, 0.2) is 12.3 Å². The molecule has 2 heterocycles. The lowest BCUT2D eigenvalue weighted by Gasteiger charge is -2.12. The normalized spacial score (nSPS) is 13.2. The first-order valence-electron chi connectivity index (χ1n) is 3.85. The van der Waals surface area contributed by atoms with Gasteiger partial charge in [-0.3, -0.25) is 4.79 Å². The Hall–Kier alpha value is -1.91. The van der Waals surface area contributed by atoms with Crippen molar-refractivity contribution in [2.24, 2.45) is 5.73 Å². The zero-order valence-corrected chi connectivity index (χ0v) is 6.82. The fourth-order valence-electron chi connectivity index (χ4n) is 1.23. The molecule has 0 radical (unpaired) electrons. The van der Waals surface area contributed by atoms with Crippen LogP contribution in [0.2, 0.25) is 0 Å². The first kappa shape index (κ1) is 7.72. The molecule has 1 amide bonds. The third kappa shape index (κ3) is 1.24. The lowest BCUT2D eigenvalue weighted by atomic mass is 10.1. The number of amides is 1. The number of nitrogens with zero attached hydrogens (tertiary/aromatic N) is 2. The van der Waals surface area contributed by atoms with Gasteiger partial charge in [0.1, 0.15) is 0 Å². The minimum absolute atomic E-state index is 0.209. The van der Waals surface area contributed by atoms with Crippen molar-refractivity contribution in [2.75, 3.05) is 11.9 Å². The molecule has 0 aliphatic carbocycles. The molecule has 1 aromatic rings. The summed E-state index contributed by atoms with van der Waals surface area (Å²) in [5.41, 5.74) is 6.86. The predicted molar refractivity (Wildman–Crippen MR) is 48.1 cm³/mol. The van der Waals surface area contributed by atoms with Crippen LogP contribution >= 0.6 is 0 Å². The van der Waals surface area contributed by atoms with Gasteiger partial charge in [-0.1, -0.05) is 12.2 Å². The van der Waals surface area contributed by atoms with Crippen molar-refractivity contribution in [1.82, 2.24) is 10.2 Å². The average molecular weight is 176 g/mol. The van der Waals surface area contributed by atoms with E-state index in [9.17, 15) is 4.79 Å². The Labute approximate surface area is 74.7 Å².